The van der Waals surface area contributed by atoms with Gasteiger partial charge in [-0.15, -0.1) is 0 Å². The molecule has 2 aromatic carbocycles. The number of benzene rings is 2. The monoisotopic (exact) mass is 544 g/mol. The van der Waals surface area contributed by atoms with Gasteiger partial charge in [0.1, 0.15) is 0 Å². The minimum atomic E-state index is -0.747. The summed E-state index contributed by atoms with van der Waals surface area (Å²) in [5, 5.41) is 10.4. The molecule has 4 atom stereocenters. The molecule has 0 heterocycles. The Balaban J connectivity index is 1.27. The topological polar surface area (TPSA) is 37.3 Å². The number of hydrogen-bond donors (Lipinski definition) is 1. The van der Waals surface area contributed by atoms with Crippen LogP contribution in [0.4, 0.5) is 0 Å². The Kier molecular flexibility index (Phi) is 4.52. The average molecular weight is 546 g/mol. The molecule has 8 aliphatic rings. The standard InChI is InChI=1S/C33H37BrO2/c34-33-17-23-9-24(18-33)16-32(15-23,20-33)31-13-21-8-22(14-31)12-30(11-21,19-31)28-10-26(6-7-27(28)29(35)36)25-4-2-1-3-5-25/h1-7,10,21-24H,8-9,11-20H2,(H,35,36). The van der Waals surface area contributed by atoms with Crippen LogP contribution in [-0.4, -0.2) is 15.4 Å². The Morgan fingerprint density at radius 1 is 0.722 bits per heavy atom. The van der Waals surface area contributed by atoms with Crippen molar-refractivity contribution in [2.75, 3.05) is 0 Å². The molecule has 4 unspecified atom stereocenters. The largest absolute Gasteiger partial charge is 0.478 e. The molecule has 0 aliphatic heterocycles. The van der Waals surface area contributed by atoms with Crippen LogP contribution in [0.2, 0.25) is 0 Å². The van der Waals surface area contributed by atoms with Crippen molar-refractivity contribution >= 4 is 21.9 Å². The Labute approximate surface area is 223 Å². The fraction of sp³-hybridized carbons (Fsp3) is 0.606. The minimum absolute atomic E-state index is 0.0331. The number of hydrogen-bond acceptors (Lipinski definition) is 1. The van der Waals surface area contributed by atoms with E-state index in [1.54, 1.807) is 0 Å². The van der Waals surface area contributed by atoms with Crippen molar-refractivity contribution in [1.82, 2.24) is 0 Å². The second-order valence-corrected chi connectivity index (χ2v) is 16.0. The van der Waals surface area contributed by atoms with Crippen LogP contribution < -0.4 is 0 Å². The van der Waals surface area contributed by atoms with Crippen molar-refractivity contribution < 1.29 is 9.90 Å². The third-order valence-electron chi connectivity index (χ3n) is 12.1. The van der Waals surface area contributed by atoms with E-state index in [0.717, 1.165) is 29.2 Å². The quantitative estimate of drug-likeness (QED) is 0.391. The van der Waals surface area contributed by atoms with Gasteiger partial charge in [-0.1, -0.05) is 52.3 Å². The average Bonchev–Trinajstić information content (AvgIpc) is 2.82. The summed E-state index contributed by atoms with van der Waals surface area (Å²) in [6.45, 7) is 0. The highest BCUT2D eigenvalue weighted by molar-refractivity contribution is 9.10. The first-order chi connectivity index (χ1) is 17.3. The van der Waals surface area contributed by atoms with Crippen LogP contribution in [-0.2, 0) is 5.41 Å². The predicted molar refractivity (Wildman–Crippen MR) is 146 cm³/mol. The summed E-state index contributed by atoms with van der Waals surface area (Å²) in [5.74, 6) is 2.61. The fourth-order valence-corrected chi connectivity index (χ4v) is 13.4. The Morgan fingerprint density at radius 3 is 1.89 bits per heavy atom. The zero-order valence-electron chi connectivity index (χ0n) is 21.1. The zero-order valence-corrected chi connectivity index (χ0v) is 22.7. The molecule has 0 aromatic heterocycles. The van der Waals surface area contributed by atoms with Gasteiger partial charge < -0.3 is 5.11 Å². The Hall–Kier alpha value is -1.61. The number of carboxylic acids is 1. The summed E-state index contributed by atoms with van der Waals surface area (Å²) in [6.07, 6.45) is 16.3. The number of rotatable bonds is 4. The van der Waals surface area contributed by atoms with E-state index < -0.39 is 5.97 Å². The predicted octanol–water partition coefficient (Wildman–Crippen LogP) is 8.62. The highest BCUT2D eigenvalue weighted by Gasteiger charge is 2.69. The van der Waals surface area contributed by atoms with Crippen molar-refractivity contribution in [3.05, 3.63) is 59.7 Å². The van der Waals surface area contributed by atoms with Gasteiger partial charge in [-0.2, -0.15) is 0 Å². The maximum atomic E-state index is 12.6. The van der Waals surface area contributed by atoms with Gasteiger partial charge in [0.2, 0.25) is 0 Å². The van der Waals surface area contributed by atoms with Crippen LogP contribution in [0.3, 0.4) is 0 Å². The van der Waals surface area contributed by atoms with Crippen LogP contribution in [0.1, 0.15) is 93.0 Å². The molecule has 2 aromatic rings. The summed E-state index contributed by atoms with van der Waals surface area (Å²) in [4.78, 5) is 12.6. The van der Waals surface area contributed by atoms with Crippen LogP contribution in [0.5, 0.6) is 0 Å². The summed E-state index contributed by atoms with van der Waals surface area (Å²) >= 11 is 4.32. The summed E-state index contributed by atoms with van der Waals surface area (Å²) < 4.78 is 0.382. The van der Waals surface area contributed by atoms with E-state index in [9.17, 15) is 9.90 Å². The second kappa shape index (κ2) is 7.28. The third kappa shape index (κ3) is 3.04. The van der Waals surface area contributed by atoms with E-state index in [-0.39, 0.29) is 5.41 Å². The van der Waals surface area contributed by atoms with Crippen molar-refractivity contribution in [1.29, 1.82) is 0 Å². The lowest BCUT2D eigenvalue weighted by molar-refractivity contribution is -0.200. The van der Waals surface area contributed by atoms with Crippen LogP contribution in [0, 0.1) is 34.5 Å². The maximum Gasteiger partial charge on any atom is 0.335 e. The molecule has 0 amide bonds. The van der Waals surface area contributed by atoms with Gasteiger partial charge in [-0.3, -0.25) is 0 Å². The van der Waals surface area contributed by atoms with E-state index >= 15 is 0 Å². The lowest BCUT2D eigenvalue weighted by Gasteiger charge is -2.73. The second-order valence-electron chi connectivity index (χ2n) is 14.3. The highest BCUT2D eigenvalue weighted by atomic mass is 79.9. The molecule has 188 valence electrons. The lowest BCUT2D eigenvalue weighted by atomic mass is 9.32. The lowest BCUT2D eigenvalue weighted by Crippen LogP contribution is -2.65. The van der Waals surface area contributed by atoms with Crippen LogP contribution >= 0.6 is 15.9 Å². The van der Waals surface area contributed by atoms with Crippen molar-refractivity contribution in [2.24, 2.45) is 34.5 Å². The first-order valence-corrected chi connectivity index (χ1v) is 15.2. The molecular weight excluding hydrogens is 508 g/mol. The van der Waals surface area contributed by atoms with Crippen LogP contribution in [0.15, 0.2) is 48.5 Å². The van der Waals surface area contributed by atoms with E-state index in [1.807, 2.05) is 12.1 Å². The van der Waals surface area contributed by atoms with Gasteiger partial charge in [-0.05, 0) is 146 Å². The first-order valence-electron chi connectivity index (χ1n) is 14.4. The van der Waals surface area contributed by atoms with Crippen LogP contribution in [0.25, 0.3) is 11.1 Å². The highest BCUT2D eigenvalue weighted by Crippen LogP contribution is 2.78. The number of alkyl halides is 1. The van der Waals surface area contributed by atoms with Gasteiger partial charge in [-0.25, -0.2) is 4.79 Å². The number of halogens is 1. The van der Waals surface area contributed by atoms with Crippen molar-refractivity contribution in [3.8, 4) is 11.1 Å². The zero-order chi connectivity index (χ0) is 24.3. The Bertz CT molecular complexity index is 1220. The number of carbonyl (C=O) groups is 1. The first kappa shape index (κ1) is 22.4. The van der Waals surface area contributed by atoms with Gasteiger partial charge in [0, 0.05) is 4.32 Å². The molecule has 0 spiro atoms. The minimum Gasteiger partial charge on any atom is -0.478 e. The van der Waals surface area contributed by atoms with Crippen molar-refractivity contribution in [3.63, 3.8) is 0 Å². The molecule has 8 saturated carbocycles. The molecule has 0 saturated heterocycles. The fourth-order valence-electron chi connectivity index (χ4n) is 11.9. The van der Waals surface area contributed by atoms with Crippen molar-refractivity contribution in [2.45, 2.75) is 86.8 Å². The molecule has 36 heavy (non-hydrogen) atoms. The van der Waals surface area contributed by atoms with E-state index in [2.05, 4.69) is 52.3 Å². The normalized spacial score (nSPS) is 45.8. The SMILES string of the molecule is O=C(O)c1ccc(-c2ccccc2)cc1C12CC3CC(C1)CC(C14CC5CC(CC(Br)(C5)C1)C4)(C3)C2. The maximum absolute atomic E-state index is 12.6. The van der Waals surface area contributed by atoms with Gasteiger partial charge in [0.25, 0.3) is 0 Å². The smallest absolute Gasteiger partial charge is 0.335 e. The molecular formula is C33H37BrO2. The van der Waals surface area contributed by atoms with E-state index in [0.29, 0.717) is 20.7 Å². The molecule has 1 N–H and O–H groups in total. The molecule has 3 heteroatoms. The molecule has 8 fully saturated rings. The van der Waals surface area contributed by atoms with Gasteiger partial charge in [0.05, 0.1) is 5.56 Å². The van der Waals surface area contributed by atoms with E-state index in [1.165, 1.54) is 88.2 Å². The summed E-state index contributed by atoms with van der Waals surface area (Å²) in [5.41, 5.74) is 5.01. The van der Waals surface area contributed by atoms with Gasteiger partial charge in [0.15, 0.2) is 0 Å². The Morgan fingerprint density at radius 2 is 1.31 bits per heavy atom. The molecule has 10 rings (SSSR count). The summed E-state index contributed by atoms with van der Waals surface area (Å²) in [7, 11) is 0. The van der Waals surface area contributed by atoms with E-state index in [4.69, 9.17) is 0 Å². The molecule has 0 radical (unpaired) electrons. The summed E-state index contributed by atoms with van der Waals surface area (Å²) in [6, 6.07) is 16.8. The molecule has 8 aliphatic carbocycles. The molecule has 8 bridgehead atoms. The number of carboxylic acid groups (broad SMARTS) is 1. The molecule has 2 nitrogen and oxygen atoms in total. The third-order valence-corrected chi connectivity index (χ3v) is 13.0. The number of aromatic carboxylic acids is 1. The van der Waals surface area contributed by atoms with Gasteiger partial charge >= 0.3 is 5.97 Å².